The van der Waals surface area contributed by atoms with Crippen molar-refractivity contribution in [3.05, 3.63) is 81.0 Å². The molecule has 6 heterocycles. The van der Waals surface area contributed by atoms with Crippen LogP contribution in [0.5, 0.6) is 0 Å². The molecule has 158 valence electrons. The van der Waals surface area contributed by atoms with Crippen LogP contribution < -0.4 is 10.6 Å². The summed E-state index contributed by atoms with van der Waals surface area (Å²) in [6.07, 6.45) is 0. The van der Waals surface area contributed by atoms with E-state index in [1.165, 1.54) is 9.75 Å². The number of aryl methyl sites for hydroxylation is 2. The van der Waals surface area contributed by atoms with Crippen molar-refractivity contribution in [2.24, 2.45) is 0 Å². The van der Waals surface area contributed by atoms with Gasteiger partial charge in [0.05, 0.1) is 32.3 Å². The van der Waals surface area contributed by atoms with Crippen molar-refractivity contribution in [1.82, 2.24) is 10.6 Å². The molecule has 2 amide bonds. The summed E-state index contributed by atoms with van der Waals surface area (Å²) in [6.45, 7) is 4.06. The number of carbonyl (C=O) groups is 2. The summed E-state index contributed by atoms with van der Waals surface area (Å²) in [5.74, 6) is 1.54. The van der Waals surface area contributed by atoms with Gasteiger partial charge in [-0.15, -0.1) is 22.7 Å². The Labute approximate surface area is 190 Å². The molecule has 8 heteroatoms. The topological polar surface area (TPSA) is 84.5 Å². The number of hydrogen-bond donors (Lipinski definition) is 2. The van der Waals surface area contributed by atoms with Crippen LogP contribution in [0.2, 0.25) is 0 Å². The van der Waals surface area contributed by atoms with Crippen LogP contribution in [0.1, 0.15) is 21.3 Å². The van der Waals surface area contributed by atoms with Gasteiger partial charge in [0.15, 0.2) is 11.5 Å². The van der Waals surface area contributed by atoms with Crippen molar-refractivity contribution in [3.8, 4) is 21.3 Å². The van der Waals surface area contributed by atoms with Crippen LogP contribution >= 0.6 is 22.7 Å². The number of amides is 2. The lowest BCUT2D eigenvalue weighted by molar-refractivity contribution is -0.117. The maximum Gasteiger partial charge on any atom is 0.258 e. The van der Waals surface area contributed by atoms with Crippen LogP contribution in [0.15, 0.2) is 68.5 Å². The zero-order valence-corrected chi connectivity index (χ0v) is 18.7. The lowest BCUT2D eigenvalue weighted by Gasteiger charge is -2.03. The fraction of sp³-hybridized carbons (Fsp3) is 0.0833. The number of rotatable bonds is 4. The first-order valence-electron chi connectivity index (χ1n) is 9.93. The van der Waals surface area contributed by atoms with Crippen LogP contribution in [-0.2, 0) is 9.59 Å². The SMILES string of the molecule is Cc1ccc(-c2ccc(C3=C4C(=O)NC(c5ccc(-c6ccc(C)s6)o5)=C4C(=O)N3)o2)s1. The maximum absolute atomic E-state index is 12.8. The average Bonchev–Trinajstić information content (AvgIpc) is 3.55. The highest BCUT2D eigenvalue weighted by Gasteiger charge is 2.42. The van der Waals surface area contributed by atoms with Gasteiger partial charge < -0.3 is 19.5 Å². The lowest BCUT2D eigenvalue weighted by Crippen LogP contribution is -2.21. The molecule has 0 radical (unpaired) electrons. The lowest BCUT2D eigenvalue weighted by atomic mass is 10.1. The molecule has 0 unspecified atom stereocenters. The highest BCUT2D eigenvalue weighted by Crippen LogP contribution is 2.40. The minimum absolute atomic E-state index is 0.276. The van der Waals surface area contributed by atoms with Gasteiger partial charge in [-0.1, -0.05) is 0 Å². The minimum Gasteiger partial charge on any atom is -0.454 e. The van der Waals surface area contributed by atoms with E-state index in [4.69, 9.17) is 8.83 Å². The number of nitrogens with one attached hydrogen (secondary N) is 2. The molecule has 0 atom stereocenters. The Kier molecular flexibility index (Phi) is 4.14. The van der Waals surface area contributed by atoms with Crippen LogP contribution in [-0.4, -0.2) is 11.8 Å². The molecule has 4 aromatic heterocycles. The van der Waals surface area contributed by atoms with E-state index in [0.29, 0.717) is 34.4 Å². The monoisotopic (exact) mass is 460 g/mol. The van der Waals surface area contributed by atoms with Crippen molar-refractivity contribution in [1.29, 1.82) is 0 Å². The summed E-state index contributed by atoms with van der Waals surface area (Å²) >= 11 is 3.24. The Bertz CT molecular complexity index is 1380. The second-order valence-corrected chi connectivity index (χ2v) is 10.1. The molecule has 0 bridgehead atoms. The Morgan fingerprint density at radius 1 is 0.594 bits per heavy atom. The molecule has 0 fully saturated rings. The number of thiophene rings is 2. The number of furan rings is 2. The fourth-order valence-electron chi connectivity index (χ4n) is 3.89. The Morgan fingerprint density at radius 3 is 1.38 bits per heavy atom. The van der Waals surface area contributed by atoms with Crippen LogP contribution in [0.3, 0.4) is 0 Å². The molecular formula is C24H16N2O4S2. The predicted molar refractivity (Wildman–Crippen MR) is 124 cm³/mol. The molecule has 6 nitrogen and oxygen atoms in total. The fourth-order valence-corrected chi connectivity index (χ4v) is 5.55. The summed E-state index contributed by atoms with van der Waals surface area (Å²) < 4.78 is 12.0. The quantitative estimate of drug-likeness (QED) is 0.431. The first-order chi connectivity index (χ1) is 15.5. The van der Waals surface area contributed by atoms with Crippen LogP contribution in [0, 0.1) is 13.8 Å². The van der Waals surface area contributed by atoms with Crippen molar-refractivity contribution >= 4 is 45.9 Å². The number of hydrogen-bond acceptors (Lipinski definition) is 6. The predicted octanol–water partition coefficient (Wildman–Crippen LogP) is 5.33. The van der Waals surface area contributed by atoms with Crippen molar-refractivity contribution in [2.75, 3.05) is 0 Å². The van der Waals surface area contributed by atoms with Gasteiger partial charge in [-0.2, -0.15) is 0 Å². The van der Waals surface area contributed by atoms with E-state index in [-0.39, 0.29) is 23.0 Å². The van der Waals surface area contributed by atoms with Crippen molar-refractivity contribution in [2.45, 2.75) is 13.8 Å². The molecule has 0 aliphatic carbocycles. The number of carbonyl (C=O) groups excluding carboxylic acids is 2. The summed E-state index contributed by atoms with van der Waals surface area (Å²) in [6, 6.07) is 15.2. The minimum atomic E-state index is -0.363. The standard InChI is InChI=1S/C24H16N2O4S2/c1-11-3-9-17(31-11)13-5-7-15(29-13)21-19-20(24(28)25-21)22(26-23(19)27)16-8-6-14(30-16)18-10-4-12(2)32-18/h3-10H,1-2H3,(H,25,28)(H,26,27). The third-order valence-corrected chi connectivity index (χ3v) is 7.38. The van der Waals surface area contributed by atoms with E-state index in [1.807, 2.05) is 50.2 Å². The van der Waals surface area contributed by atoms with E-state index < -0.39 is 0 Å². The molecule has 6 rings (SSSR count). The molecule has 2 aliphatic heterocycles. The largest absolute Gasteiger partial charge is 0.454 e. The summed E-state index contributed by atoms with van der Waals surface area (Å²) in [7, 11) is 0. The molecule has 4 aromatic rings. The summed E-state index contributed by atoms with van der Waals surface area (Å²) in [4.78, 5) is 30.0. The average molecular weight is 461 g/mol. The Hall–Kier alpha value is -3.62. The van der Waals surface area contributed by atoms with Gasteiger partial charge in [0.25, 0.3) is 11.8 Å². The second-order valence-electron chi connectivity index (χ2n) is 7.56. The smallest absolute Gasteiger partial charge is 0.258 e. The van der Waals surface area contributed by atoms with Gasteiger partial charge in [-0.3, -0.25) is 9.59 Å². The van der Waals surface area contributed by atoms with E-state index in [0.717, 1.165) is 9.75 Å². The first kappa shape index (κ1) is 19.1. The molecule has 2 aliphatic rings. The van der Waals surface area contributed by atoms with Gasteiger partial charge in [0.1, 0.15) is 11.5 Å². The highest BCUT2D eigenvalue weighted by molar-refractivity contribution is 7.15. The molecule has 0 saturated carbocycles. The van der Waals surface area contributed by atoms with Gasteiger partial charge in [0, 0.05) is 9.75 Å². The van der Waals surface area contributed by atoms with Crippen molar-refractivity contribution < 1.29 is 18.4 Å². The summed E-state index contributed by atoms with van der Waals surface area (Å²) in [5, 5.41) is 5.61. The normalized spacial score (nSPS) is 15.6. The van der Waals surface area contributed by atoms with Crippen LogP contribution in [0.25, 0.3) is 32.7 Å². The maximum atomic E-state index is 12.8. The van der Waals surface area contributed by atoms with E-state index in [2.05, 4.69) is 10.6 Å². The van der Waals surface area contributed by atoms with E-state index >= 15 is 0 Å². The number of fused-ring (bicyclic) bond motifs is 1. The molecule has 32 heavy (non-hydrogen) atoms. The molecular weight excluding hydrogens is 444 g/mol. The van der Waals surface area contributed by atoms with E-state index in [1.54, 1.807) is 34.8 Å². The zero-order valence-electron chi connectivity index (χ0n) is 17.1. The van der Waals surface area contributed by atoms with Gasteiger partial charge in [-0.25, -0.2) is 0 Å². The van der Waals surface area contributed by atoms with Gasteiger partial charge in [0.2, 0.25) is 0 Å². The highest BCUT2D eigenvalue weighted by atomic mass is 32.1. The zero-order chi connectivity index (χ0) is 22.0. The molecule has 0 spiro atoms. The Morgan fingerprint density at radius 2 is 1.00 bits per heavy atom. The second kappa shape index (κ2) is 6.94. The third kappa shape index (κ3) is 2.91. The van der Waals surface area contributed by atoms with E-state index in [9.17, 15) is 9.59 Å². The van der Waals surface area contributed by atoms with Crippen molar-refractivity contribution in [3.63, 3.8) is 0 Å². The van der Waals surface area contributed by atoms with Crippen LogP contribution in [0.4, 0.5) is 0 Å². The Balaban J connectivity index is 1.41. The van der Waals surface area contributed by atoms with Gasteiger partial charge in [-0.05, 0) is 62.4 Å². The first-order valence-corrected chi connectivity index (χ1v) is 11.6. The molecule has 0 aromatic carbocycles. The van der Waals surface area contributed by atoms with Gasteiger partial charge >= 0.3 is 0 Å². The molecule has 0 saturated heterocycles. The summed E-state index contributed by atoms with van der Waals surface area (Å²) in [5.41, 5.74) is 1.30. The molecule has 2 N–H and O–H groups in total. The third-order valence-electron chi connectivity index (χ3n) is 5.35.